The van der Waals surface area contributed by atoms with Crippen LogP contribution in [0, 0.1) is 0 Å². The molecule has 0 aliphatic carbocycles. The van der Waals surface area contributed by atoms with Crippen LogP contribution in [0.25, 0.3) is 0 Å². The molecular formula is C16H16ClN3O2. The number of hydrogen-bond acceptors (Lipinski definition) is 3. The van der Waals surface area contributed by atoms with Gasteiger partial charge in [-0.15, -0.1) is 0 Å². The van der Waals surface area contributed by atoms with Crippen LogP contribution in [0.5, 0.6) is 0 Å². The Morgan fingerprint density at radius 3 is 2.27 bits per heavy atom. The quantitative estimate of drug-likeness (QED) is 0.921. The van der Waals surface area contributed by atoms with Gasteiger partial charge in [-0.25, -0.2) is 0 Å². The van der Waals surface area contributed by atoms with E-state index in [9.17, 15) is 9.59 Å². The molecule has 0 spiro atoms. The number of H-pyrrole nitrogens is 1. The maximum absolute atomic E-state index is 12.4. The van der Waals surface area contributed by atoms with Crippen LogP contribution in [0.15, 0.2) is 47.4 Å². The number of piperazine rings is 1. The molecule has 1 amide bonds. The van der Waals surface area contributed by atoms with Gasteiger partial charge in [-0.1, -0.05) is 11.6 Å². The van der Waals surface area contributed by atoms with Crippen LogP contribution in [0.1, 0.15) is 10.4 Å². The van der Waals surface area contributed by atoms with Crippen molar-refractivity contribution in [2.45, 2.75) is 0 Å². The molecule has 2 heterocycles. The normalized spacial score (nSPS) is 15.0. The Bertz CT molecular complexity index is 698. The number of pyridine rings is 1. The van der Waals surface area contributed by atoms with Crippen molar-refractivity contribution in [3.63, 3.8) is 0 Å². The number of anilines is 1. The van der Waals surface area contributed by atoms with Gasteiger partial charge in [0.15, 0.2) is 0 Å². The molecule has 2 aromatic rings. The van der Waals surface area contributed by atoms with Crippen molar-refractivity contribution in [2.24, 2.45) is 0 Å². The van der Waals surface area contributed by atoms with Gasteiger partial charge in [-0.05, 0) is 30.3 Å². The number of nitrogens with zero attached hydrogens (tertiary/aromatic N) is 2. The van der Waals surface area contributed by atoms with Gasteiger partial charge in [-0.2, -0.15) is 0 Å². The molecule has 0 bridgehead atoms. The first kappa shape index (κ1) is 14.7. The van der Waals surface area contributed by atoms with E-state index in [0.717, 1.165) is 23.8 Å². The molecule has 22 heavy (non-hydrogen) atoms. The molecule has 1 N–H and O–H groups in total. The number of halogens is 1. The summed E-state index contributed by atoms with van der Waals surface area (Å²) in [6, 6.07) is 10.6. The monoisotopic (exact) mass is 317 g/mol. The van der Waals surface area contributed by atoms with E-state index in [2.05, 4.69) is 9.88 Å². The highest BCUT2D eigenvalue weighted by Crippen LogP contribution is 2.19. The summed E-state index contributed by atoms with van der Waals surface area (Å²) in [6.45, 7) is 2.86. The predicted octanol–water partition coefficient (Wildman–Crippen LogP) is 1.99. The Balaban J connectivity index is 1.64. The van der Waals surface area contributed by atoms with Gasteiger partial charge in [-0.3, -0.25) is 9.59 Å². The summed E-state index contributed by atoms with van der Waals surface area (Å²) < 4.78 is 0. The number of aromatic amines is 1. The Morgan fingerprint density at radius 1 is 1.00 bits per heavy atom. The SMILES string of the molecule is O=C(c1ccc(=O)[nH]c1)N1CCN(c2ccc(Cl)cc2)CC1. The summed E-state index contributed by atoms with van der Waals surface area (Å²) in [5, 5.41) is 0.718. The lowest BCUT2D eigenvalue weighted by Gasteiger charge is -2.36. The summed E-state index contributed by atoms with van der Waals surface area (Å²) in [4.78, 5) is 30.0. The van der Waals surface area contributed by atoms with E-state index in [1.165, 1.54) is 12.3 Å². The van der Waals surface area contributed by atoms with Gasteiger partial charge in [0.25, 0.3) is 5.91 Å². The standard InChI is InChI=1S/C16H16ClN3O2/c17-13-2-4-14(5-3-13)19-7-9-20(10-8-19)16(22)12-1-6-15(21)18-11-12/h1-6,11H,7-10H2,(H,18,21). The molecule has 1 aromatic carbocycles. The lowest BCUT2D eigenvalue weighted by Crippen LogP contribution is -2.48. The summed E-state index contributed by atoms with van der Waals surface area (Å²) in [5.74, 6) is -0.0491. The first-order valence-corrected chi connectivity index (χ1v) is 7.50. The minimum absolute atomic E-state index is 0.0491. The number of rotatable bonds is 2. The summed E-state index contributed by atoms with van der Waals surface area (Å²) in [7, 11) is 0. The lowest BCUT2D eigenvalue weighted by molar-refractivity contribution is 0.0746. The molecule has 1 aromatic heterocycles. The number of hydrogen-bond donors (Lipinski definition) is 1. The largest absolute Gasteiger partial charge is 0.368 e. The molecule has 0 atom stereocenters. The molecule has 6 heteroatoms. The van der Waals surface area contributed by atoms with Crippen LogP contribution in [0.3, 0.4) is 0 Å². The van der Waals surface area contributed by atoms with Crippen LogP contribution in [0.4, 0.5) is 5.69 Å². The van der Waals surface area contributed by atoms with Crippen LogP contribution in [-0.2, 0) is 0 Å². The minimum atomic E-state index is -0.205. The van der Waals surface area contributed by atoms with Crippen molar-refractivity contribution in [2.75, 3.05) is 31.1 Å². The highest BCUT2D eigenvalue weighted by molar-refractivity contribution is 6.30. The minimum Gasteiger partial charge on any atom is -0.368 e. The maximum Gasteiger partial charge on any atom is 0.255 e. The Morgan fingerprint density at radius 2 is 1.68 bits per heavy atom. The van der Waals surface area contributed by atoms with Crippen molar-refractivity contribution < 1.29 is 4.79 Å². The highest BCUT2D eigenvalue weighted by Gasteiger charge is 2.22. The summed E-state index contributed by atoms with van der Waals surface area (Å²) in [5.41, 5.74) is 1.42. The number of benzene rings is 1. The van der Waals surface area contributed by atoms with E-state index in [0.29, 0.717) is 18.7 Å². The molecule has 3 rings (SSSR count). The molecule has 114 valence electrons. The van der Waals surface area contributed by atoms with Crippen molar-refractivity contribution in [3.8, 4) is 0 Å². The van der Waals surface area contributed by atoms with Gasteiger partial charge >= 0.3 is 0 Å². The first-order valence-electron chi connectivity index (χ1n) is 7.12. The van der Waals surface area contributed by atoms with Gasteiger partial charge in [0.1, 0.15) is 0 Å². The molecular weight excluding hydrogens is 302 g/mol. The number of amides is 1. The van der Waals surface area contributed by atoms with Crippen LogP contribution >= 0.6 is 11.6 Å². The van der Waals surface area contributed by atoms with Crippen LogP contribution in [-0.4, -0.2) is 42.0 Å². The van der Waals surface area contributed by atoms with E-state index in [1.54, 1.807) is 11.0 Å². The van der Waals surface area contributed by atoms with Crippen molar-refractivity contribution >= 4 is 23.2 Å². The summed E-state index contributed by atoms with van der Waals surface area (Å²) in [6.07, 6.45) is 1.47. The topological polar surface area (TPSA) is 56.4 Å². The molecule has 1 fully saturated rings. The maximum atomic E-state index is 12.4. The molecule has 0 saturated carbocycles. The molecule has 5 nitrogen and oxygen atoms in total. The average Bonchev–Trinajstić information content (AvgIpc) is 2.56. The van der Waals surface area contributed by atoms with Crippen molar-refractivity contribution in [1.29, 1.82) is 0 Å². The zero-order valence-corrected chi connectivity index (χ0v) is 12.7. The molecule has 1 saturated heterocycles. The van der Waals surface area contributed by atoms with E-state index < -0.39 is 0 Å². The molecule has 0 unspecified atom stereocenters. The van der Waals surface area contributed by atoms with E-state index in [-0.39, 0.29) is 11.5 Å². The average molecular weight is 318 g/mol. The second-order valence-electron chi connectivity index (χ2n) is 5.20. The van der Waals surface area contributed by atoms with Gasteiger partial charge < -0.3 is 14.8 Å². The third-order valence-electron chi connectivity index (χ3n) is 3.79. The van der Waals surface area contributed by atoms with E-state index >= 15 is 0 Å². The van der Waals surface area contributed by atoms with Crippen LogP contribution in [0.2, 0.25) is 5.02 Å². The second kappa shape index (κ2) is 6.23. The smallest absolute Gasteiger partial charge is 0.255 e. The molecule has 0 radical (unpaired) electrons. The van der Waals surface area contributed by atoms with Crippen LogP contribution < -0.4 is 10.5 Å². The third kappa shape index (κ3) is 3.14. The fourth-order valence-corrected chi connectivity index (χ4v) is 2.67. The summed E-state index contributed by atoms with van der Waals surface area (Å²) >= 11 is 5.90. The zero-order valence-electron chi connectivity index (χ0n) is 12.0. The zero-order chi connectivity index (χ0) is 15.5. The Hall–Kier alpha value is -2.27. The van der Waals surface area contributed by atoms with E-state index in [4.69, 9.17) is 11.6 Å². The number of carbonyl (C=O) groups is 1. The Labute approximate surface area is 133 Å². The van der Waals surface area contributed by atoms with Gasteiger partial charge in [0.2, 0.25) is 5.56 Å². The second-order valence-corrected chi connectivity index (χ2v) is 5.63. The number of nitrogens with one attached hydrogen (secondary N) is 1. The lowest BCUT2D eigenvalue weighted by atomic mass is 10.2. The van der Waals surface area contributed by atoms with Gasteiger partial charge in [0.05, 0.1) is 5.56 Å². The highest BCUT2D eigenvalue weighted by atomic mass is 35.5. The number of aromatic nitrogens is 1. The van der Waals surface area contributed by atoms with Crippen molar-refractivity contribution in [1.82, 2.24) is 9.88 Å². The fraction of sp³-hybridized carbons (Fsp3) is 0.250. The Kier molecular flexibility index (Phi) is 4.15. The first-order chi connectivity index (χ1) is 10.6. The van der Waals surface area contributed by atoms with E-state index in [1.807, 2.05) is 24.3 Å². The van der Waals surface area contributed by atoms with Crippen molar-refractivity contribution in [3.05, 3.63) is 63.5 Å². The molecule has 1 aliphatic heterocycles. The fourth-order valence-electron chi connectivity index (χ4n) is 2.55. The third-order valence-corrected chi connectivity index (χ3v) is 4.04. The molecule has 1 aliphatic rings. The number of carbonyl (C=O) groups excluding carboxylic acids is 1. The predicted molar refractivity (Wildman–Crippen MR) is 86.6 cm³/mol. The van der Waals surface area contributed by atoms with Gasteiger partial charge in [0, 0.05) is 49.2 Å².